The molecule has 0 heterocycles. The van der Waals surface area contributed by atoms with Gasteiger partial charge < -0.3 is 4.74 Å². The van der Waals surface area contributed by atoms with Crippen LogP contribution in [-0.4, -0.2) is 6.61 Å². The summed E-state index contributed by atoms with van der Waals surface area (Å²) in [6.45, 7) is 7.15. The van der Waals surface area contributed by atoms with E-state index in [-0.39, 0.29) is 0 Å². The lowest BCUT2D eigenvalue weighted by Gasteiger charge is -2.11. The van der Waals surface area contributed by atoms with Gasteiger partial charge in [-0.1, -0.05) is 74.4 Å². The van der Waals surface area contributed by atoms with Gasteiger partial charge in [0.05, 0.1) is 6.61 Å². The third-order valence-electron chi connectivity index (χ3n) is 5.06. The Morgan fingerprint density at radius 1 is 0.704 bits per heavy atom. The minimum absolute atomic E-state index is 0.699. The van der Waals surface area contributed by atoms with Gasteiger partial charge in [-0.15, -0.1) is 0 Å². The van der Waals surface area contributed by atoms with Gasteiger partial charge in [0, 0.05) is 0 Å². The van der Waals surface area contributed by atoms with E-state index in [0.717, 1.165) is 5.75 Å². The molecule has 1 nitrogen and oxygen atoms in total. The highest BCUT2D eigenvalue weighted by molar-refractivity contribution is 5.73. The Bertz CT molecular complexity index is 844. The van der Waals surface area contributed by atoms with Crippen LogP contribution in [-0.2, 0) is 6.42 Å². The van der Waals surface area contributed by atoms with Crippen LogP contribution < -0.4 is 4.74 Å². The average Bonchev–Trinajstić information content (AvgIpc) is 2.70. The van der Waals surface area contributed by atoms with Crippen LogP contribution in [0.3, 0.4) is 0 Å². The van der Waals surface area contributed by atoms with Crippen LogP contribution >= 0.6 is 0 Å². The molecule has 0 bridgehead atoms. The molecule has 0 radical (unpaired) electrons. The van der Waals surface area contributed by atoms with Crippen molar-refractivity contribution in [3.8, 4) is 28.0 Å². The van der Waals surface area contributed by atoms with Gasteiger partial charge in [-0.2, -0.15) is 0 Å². The van der Waals surface area contributed by atoms with Gasteiger partial charge in [-0.25, -0.2) is 0 Å². The lowest BCUT2D eigenvalue weighted by Crippen LogP contribution is -1.91. The number of ether oxygens (including phenoxy) is 1. The maximum atomic E-state index is 5.54. The molecule has 0 aliphatic heterocycles. The normalized spacial score (nSPS) is 10.8. The average molecular weight is 359 g/mol. The first-order chi connectivity index (χ1) is 13.2. The molecule has 0 N–H and O–H groups in total. The van der Waals surface area contributed by atoms with Crippen molar-refractivity contribution in [2.24, 2.45) is 0 Å². The maximum Gasteiger partial charge on any atom is 0.119 e. The van der Waals surface area contributed by atoms with Crippen LogP contribution in [0.4, 0.5) is 0 Å². The number of rotatable bonds is 8. The molecule has 140 valence electrons. The van der Waals surface area contributed by atoms with E-state index >= 15 is 0 Å². The first-order valence-electron chi connectivity index (χ1n) is 10.1. The Morgan fingerprint density at radius 2 is 1.37 bits per heavy atom. The van der Waals surface area contributed by atoms with Crippen LogP contribution in [0.1, 0.15) is 44.2 Å². The largest absolute Gasteiger partial charge is 0.494 e. The fourth-order valence-electron chi connectivity index (χ4n) is 3.51. The molecule has 0 unspecified atom stereocenters. The molecule has 0 saturated heterocycles. The Labute approximate surface area is 164 Å². The number of aryl methyl sites for hydroxylation is 2. The second kappa shape index (κ2) is 9.41. The van der Waals surface area contributed by atoms with Gasteiger partial charge in [0.2, 0.25) is 0 Å². The lowest BCUT2D eigenvalue weighted by atomic mass is 9.95. The molecule has 0 aromatic heterocycles. The van der Waals surface area contributed by atoms with E-state index in [1.165, 1.54) is 59.1 Å². The minimum atomic E-state index is 0.699. The highest BCUT2D eigenvalue weighted by Gasteiger charge is 2.06. The summed E-state index contributed by atoms with van der Waals surface area (Å²) < 4.78 is 5.54. The first kappa shape index (κ1) is 19.2. The van der Waals surface area contributed by atoms with Crippen molar-refractivity contribution in [3.63, 3.8) is 0 Å². The molecule has 0 saturated carbocycles. The van der Waals surface area contributed by atoms with E-state index < -0.39 is 0 Å². The van der Waals surface area contributed by atoms with Gasteiger partial charge in [0.15, 0.2) is 0 Å². The van der Waals surface area contributed by atoms with Gasteiger partial charge in [-0.05, 0) is 72.2 Å². The van der Waals surface area contributed by atoms with Crippen molar-refractivity contribution < 1.29 is 4.74 Å². The zero-order valence-corrected chi connectivity index (χ0v) is 16.8. The molecule has 0 aliphatic rings. The molecule has 0 fully saturated rings. The fourth-order valence-corrected chi connectivity index (χ4v) is 3.51. The van der Waals surface area contributed by atoms with Gasteiger partial charge >= 0.3 is 0 Å². The van der Waals surface area contributed by atoms with Crippen molar-refractivity contribution in [1.82, 2.24) is 0 Å². The molecule has 0 amide bonds. The predicted molar refractivity (Wildman–Crippen MR) is 116 cm³/mol. The summed E-state index contributed by atoms with van der Waals surface area (Å²) in [6.07, 6.45) is 5.06. The number of hydrogen-bond donors (Lipinski definition) is 0. The molecular weight excluding hydrogens is 328 g/mol. The van der Waals surface area contributed by atoms with Gasteiger partial charge in [0.25, 0.3) is 0 Å². The second-order valence-corrected chi connectivity index (χ2v) is 7.14. The zero-order chi connectivity index (χ0) is 19.1. The van der Waals surface area contributed by atoms with Gasteiger partial charge in [-0.3, -0.25) is 0 Å². The van der Waals surface area contributed by atoms with Crippen molar-refractivity contribution in [1.29, 1.82) is 0 Å². The predicted octanol–water partition coefficient (Wildman–Crippen LogP) is 7.46. The van der Waals surface area contributed by atoms with Crippen molar-refractivity contribution in [2.45, 2.75) is 46.5 Å². The molecule has 3 aromatic rings. The minimum Gasteiger partial charge on any atom is -0.494 e. The Morgan fingerprint density at radius 3 is 2.00 bits per heavy atom. The monoisotopic (exact) mass is 358 g/mol. The standard InChI is InChI=1S/C26H30O/c1-4-6-7-8-21-9-11-22(12-10-21)24-15-18-26(20(3)19-24)23-13-16-25(17-14-23)27-5-2/h9-19H,4-8H2,1-3H3. The van der Waals surface area contributed by atoms with Crippen molar-refractivity contribution >= 4 is 0 Å². The van der Waals surface area contributed by atoms with Crippen LogP contribution in [0.5, 0.6) is 5.75 Å². The summed E-state index contributed by atoms with van der Waals surface area (Å²) >= 11 is 0. The van der Waals surface area contributed by atoms with E-state index in [0.29, 0.717) is 6.61 Å². The van der Waals surface area contributed by atoms with E-state index in [4.69, 9.17) is 4.74 Å². The zero-order valence-electron chi connectivity index (χ0n) is 16.8. The number of hydrogen-bond acceptors (Lipinski definition) is 1. The fraction of sp³-hybridized carbons (Fsp3) is 0.308. The summed E-state index contributed by atoms with van der Waals surface area (Å²) in [5, 5.41) is 0. The summed E-state index contributed by atoms with van der Waals surface area (Å²) in [6, 6.07) is 24.2. The van der Waals surface area contributed by atoms with E-state index in [1.807, 2.05) is 19.1 Å². The first-order valence-corrected chi connectivity index (χ1v) is 10.1. The second-order valence-electron chi connectivity index (χ2n) is 7.14. The van der Waals surface area contributed by atoms with Crippen LogP contribution in [0, 0.1) is 6.92 Å². The van der Waals surface area contributed by atoms with E-state index in [2.05, 4.69) is 68.4 Å². The lowest BCUT2D eigenvalue weighted by molar-refractivity contribution is 0.340. The molecule has 0 atom stereocenters. The highest BCUT2D eigenvalue weighted by Crippen LogP contribution is 2.30. The summed E-state index contributed by atoms with van der Waals surface area (Å²) in [7, 11) is 0. The van der Waals surface area contributed by atoms with Crippen LogP contribution in [0.25, 0.3) is 22.3 Å². The molecule has 3 rings (SSSR count). The molecule has 27 heavy (non-hydrogen) atoms. The van der Waals surface area contributed by atoms with E-state index in [9.17, 15) is 0 Å². The third kappa shape index (κ3) is 5.01. The van der Waals surface area contributed by atoms with Gasteiger partial charge in [0.1, 0.15) is 5.75 Å². The Hall–Kier alpha value is -2.54. The van der Waals surface area contributed by atoms with Crippen LogP contribution in [0.2, 0.25) is 0 Å². The quantitative estimate of drug-likeness (QED) is 0.380. The number of benzene rings is 3. The topological polar surface area (TPSA) is 9.23 Å². The Kier molecular flexibility index (Phi) is 6.70. The Balaban J connectivity index is 1.76. The molecule has 3 aromatic carbocycles. The molecule has 1 heteroatoms. The smallest absolute Gasteiger partial charge is 0.119 e. The summed E-state index contributed by atoms with van der Waals surface area (Å²) in [4.78, 5) is 0. The highest BCUT2D eigenvalue weighted by atomic mass is 16.5. The van der Waals surface area contributed by atoms with Crippen molar-refractivity contribution in [2.75, 3.05) is 6.61 Å². The SMILES string of the molecule is CCCCCc1ccc(-c2ccc(-c3ccc(OCC)cc3)c(C)c2)cc1. The number of unbranched alkanes of at least 4 members (excludes halogenated alkanes) is 2. The molecular formula is C26H30O. The summed E-state index contributed by atoms with van der Waals surface area (Å²) in [5.41, 5.74) is 7.81. The maximum absolute atomic E-state index is 5.54. The molecule has 0 aliphatic carbocycles. The molecule has 0 spiro atoms. The third-order valence-corrected chi connectivity index (χ3v) is 5.06. The summed E-state index contributed by atoms with van der Waals surface area (Å²) in [5.74, 6) is 0.926. The van der Waals surface area contributed by atoms with E-state index in [1.54, 1.807) is 0 Å². The van der Waals surface area contributed by atoms with Crippen molar-refractivity contribution in [3.05, 3.63) is 77.9 Å². The van der Waals surface area contributed by atoms with Crippen LogP contribution in [0.15, 0.2) is 66.7 Å².